The van der Waals surface area contributed by atoms with Gasteiger partial charge < -0.3 is 15.0 Å². The van der Waals surface area contributed by atoms with Crippen LogP contribution in [-0.2, 0) is 11.3 Å². The summed E-state index contributed by atoms with van der Waals surface area (Å²) in [5, 5.41) is 4.41. The highest BCUT2D eigenvalue weighted by Crippen LogP contribution is 2.37. The molecule has 1 amide bonds. The summed E-state index contributed by atoms with van der Waals surface area (Å²) in [6.07, 6.45) is 3.93. The molecule has 138 valence electrons. The molecule has 25 heavy (non-hydrogen) atoms. The van der Waals surface area contributed by atoms with Crippen LogP contribution < -0.4 is 5.32 Å². The second kappa shape index (κ2) is 7.45. The molecule has 0 aromatic heterocycles. The minimum absolute atomic E-state index is 0.159. The van der Waals surface area contributed by atoms with Crippen LogP contribution in [-0.4, -0.2) is 34.7 Å². The highest BCUT2D eigenvalue weighted by molar-refractivity contribution is 9.10. The summed E-state index contributed by atoms with van der Waals surface area (Å²) in [6.45, 7) is 6.50. The van der Waals surface area contributed by atoms with Gasteiger partial charge in [-0.3, -0.25) is 0 Å². The van der Waals surface area contributed by atoms with Gasteiger partial charge in [0.1, 0.15) is 5.60 Å². The Morgan fingerprint density at radius 2 is 1.96 bits per heavy atom. The zero-order chi connectivity index (χ0) is 18.2. The Balaban J connectivity index is 1.58. The normalized spacial score (nSPS) is 26.0. The minimum atomic E-state index is -0.441. The molecule has 1 aromatic carbocycles. The smallest absolute Gasteiger partial charge is 0.410 e. The van der Waals surface area contributed by atoms with Crippen LogP contribution in [0, 0.1) is 0 Å². The molecule has 2 aliphatic heterocycles. The summed E-state index contributed by atoms with van der Waals surface area (Å²) in [6, 6.07) is 6.89. The lowest BCUT2D eigenvalue weighted by atomic mass is 9.97. The van der Waals surface area contributed by atoms with Gasteiger partial charge in [0, 0.05) is 34.2 Å². The van der Waals surface area contributed by atoms with E-state index < -0.39 is 5.60 Å². The molecule has 2 atom stereocenters. The molecule has 3 rings (SSSR count). The zero-order valence-corrected chi connectivity index (χ0v) is 17.4. The molecular weight excluding hydrogens is 404 g/mol. The molecule has 2 aliphatic rings. The maximum absolute atomic E-state index is 12.5. The predicted octanol–water partition coefficient (Wildman–Crippen LogP) is 5.12. The molecule has 0 spiro atoms. The lowest BCUT2D eigenvalue weighted by Crippen LogP contribution is -2.52. The van der Waals surface area contributed by atoms with Gasteiger partial charge in [-0.1, -0.05) is 27.5 Å². The number of nitrogens with zero attached hydrogens (tertiary/aromatic N) is 1. The van der Waals surface area contributed by atoms with E-state index in [-0.39, 0.29) is 18.2 Å². The molecule has 2 fully saturated rings. The fourth-order valence-electron chi connectivity index (χ4n) is 3.89. The van der Waals surface area contributed by atoms with Gasteiger partial charge in [-0.15, -0.1) is 0 Å². The van der Waals surface area contributed by atoms with E-state index in [2.05, 4.69) is 27.3 Å². The molecule has 0 aliphatic carbocycles. The molecule has 0 saturated carbocycles. The van der Waals surface area contributed by atoms with Crippen LogP contribution in [0.2, 0.25) is 5.02 Å². The van der Waals surface area contributed by atoms with E-state index in [4.69, 9.17) is 16.3 Å². The molecular formula is C19H26BrClN2O2. The number of carbonyl (C=O) groups excluding carboxylic acids is 1. The van der Waals surface area contributed by atoms with Gasteiger partial charge in [0.25, 0.3) is 0 Å². The van der Waals surface area contributed by atoms with Gasteiger partial charge in [-0.2, -0.15) is 0 Å². The van der Waals surface area contributed by atoms with Crippen LogP contribution in [0.3, 0.4) is 0 Å². The molecule has 2 heterocycles. The van der Waals surface area contributed by atoms with Crippen molar-refractivity contribution in [3.05, 3.63) is 33.3 Å². The number of amides is 1. The van der Waals surface area contributed by atoms with Crippen LogP contribution in [0.1, 0.15) is 52.0 Å². The SMILES string of the molecule is CC(C)(C)OC(=O)N1C2CCC1CC(NCc1cc(Br)ccc1Cl)C2. The lowest BCUT2D eigenvalue weighted by Gasteiger charge is -2.39. The number of fused-ring (bicyclic) bond motifs is 2. The van der Waals surface area contributed by atoms with E-state index in [0.717, 1.165) is 47.3 Å². The van der Waals surface area contributed by atoms with E-state index in [1.165, 1.54) is 0 Å². The Labute approximate surface area is 163 Å². The maximum Gasteiger partial charge on any atom is 0.410 e. The second-order valence-electron chi connectivity index (χ2n) is 8.06. The van der Waals surface area contributed by atoms with Crippen LogP contribution in [0.4, 0.5) is 4.79 Å². The minimum Gasteiger partial charge on any atom is -0.444 e. The average molecular weight is 430 g/mol. The summed E-state index contributed by atoms with van der Waals surface area (Å²) >= 11 is 9.77. The van der Waals surface area contributed by atoms with Crippen LogP contribution >= 0.6 is 27.5 Å². The second-order valence-corrected chi connectivity index (χ2v) is 9.38. The maximum atomic E-state index is 12.5. The number of carbonyl (C=O) groups is 1. The highest BCUT2D eigenvalue weighted by Gasteiger charge is 2.44. The molecule has 4 nitrogen and oxygen atoms in total. The number of rotatable bonds is 3. The molecule has 2 saturated heterocycles. The Morgan fingerprint density at radius 1 is 1.32 bits per heavy atom. The fourth-order valence-corrected chi connectivity index (χ4v) is 4.48. The van der Waals surface area contributed by atoms with Gasteiger partial charge in [0.2, 0.25) is 0 Å². The molecule has 6 heteroatoms. The van der Waals surface area contributed by atoms with Crippen LogP contribution in [0.5, 0.6) is 0 Å². The van der Waals surface area contributed by atoms with Crippen molar-refractivity contribution < 1.29 is 9.53 Å². The lowest BCUT2D eigenvalue weighted by molar-refractivity contribution is 0.00466. The number of nitrogens with one attached hydrogen (secondary N) is 1. The van der Waals surface area contributed by atoms with E-state index in [9.17, 15) is 4.79 Å². The Bertz CT molecular complexity index is 633. The zero-order valence-electron chi connectivity index (χ0n) is 15.0. The Morgan fingerprint density at radius 3 is 2.56 bits per heavy atom. The summed E-state index contributed by atoms with van der Waals surface area (Å²) in [7, 11) is 0. The first kappa shape index (κ1) is 19.0. The number of piperidine rings is 1. The van der Waals surface area contributed by atoms with E-state index >= 15 is 0 Å². The fraction of sp³-hybridized carbons (Fsp3) is 0.632. The van der Waals surface area contributed by atoms with Gasteiger partial charge in [-0.25, -0.2) is 4.79 Å². The molecule has 2 bridgehead atoms. The van der Waals surface area contributed by atoms with E-state index in [1.54, 1.807) is 0 Å². The number of ether oxygens (including phenoxy) is 1. The summed E-state index contributed by atoms with van der Waals surface area (Å²) in [5.74, 6) is 0. The van der Waals surface area contributed by atoms with E-state index in [0.29, 0.717) is 6.04 Å². The third-order valence-electron chi connectivity index (χ3n) is 4.93. The third kappa shape index (κ3) is 4.69. The highest BCUT2D eigenvalue weighted by atomic mass is 79.9. The standard InChI is InChI=1S/C19H26BrClN2O2/c1-19(2,3)25-18(24)23-15-5-6-16(23)10-14(9-15)22-11-12-8-13(20)4-7-17(12)21/h4,7-8,14-16,22H,5-6,9-11H2,1-3H3. The van der Waals surface area contributed by atoms with Crippen molar-refractivity contribution >= 4 is 33.6 Å². The summed E-state index contributed by atoms with van der Waals surface area (Å²) < 4.78 is 6.63. The molecule has 1 N–H and O–H groups in total. The van der Waals surface area contributed by atoms with Crippen molar-refractivity contribution in [3.63, 3.8) is 0 Å². The summed E-state index contributed by atoms with van der Waals surface area (Å²) in [4.78, 5) is 14.5. The topological polar surface area (TPSA) is 41.6 Å². The predicted molar refractivity (Wildman–Crippen MR) is 104 cm³/mol. The number of halogens is 2. The van der Waals surface area contributed by atoms with Crippen molar-refractivity contribution in [2.45, 2.75) is 76.7 Å². The van der Waals surface area contributed by atoms with Gasteiger partial charge in [0.15, 0.2) is 0 Å². The first-order valence-electron chi connectivity index (χ1n) is 8.91. The van der Waals surface area contributed by atoms with Crippen molar-refractivity contribution in [2.24, 2.45) is 0 Å². The van der Waals surface area contributed by atoms with Gasteiger partial charge in [-0.05, 0) is 70.2 Å². The number of benzene rings is 1. The quantitative estimate of drug-likeness (QED) is 0.725. The van der Waals surface area contributed by atoms with Crippen molar-refractivity contribution in [3.8, 4) is 0 Å². The largest absolute Gasteiger partial charge is 0.444 e. The first-order chi connectivity index (χ1) is 11.7. The van der Waals surface area contributed by atoms with Crippen LogP contribution in [0.25, 0.3) is 0 Å². The monoisotopic (exact) mass is 428 g/mol. The number of hydrogen-bond donors (Lipinski definition) is 1. The van der Waals surface area contributed by atoms with Gasteiger partial charge >= 0.3 is 6.09 Å². The molecule has 2 unspecified atom stereocenters. The summed E-state index contributed by atoms with van der Waals surface area (Å²) in [5.41, 5.74) is 0.654. The van der Waals surface area contributed by atoms with E-state index in [1.807, 2.05) is 37.8 Å². The third-order valence-corrected chi connectivity index (χ3v) is 5.79. The molecule has 0 radical (unpaired) electrons. The van der Waals surface area contributed by atoms with Crippen LogP contribution in [0.15, 0.2) is 22.7 Å². The first-order valence-corrected chi connectivity index (χ1v) is 10.1. The molecule has 1 aromatic rings. The van der Waals surface area contributed by atoms with Gasteiger partial charge in [0.05, 0.1) is 0 Å². The average Bonchev–Trinajstić information content (AvgIpc) is 2.78. The van der Waals surface area contributed by atoms with Crippen molar-refractivity contribution in [1.82, 2.24) is 10.2 Å². The number of hydrogen-bond acceptors (Lipinski definition) is 3. The Kier molecular flexibility index (Phi) is 5.66. The van der Waals surface area contributed by atoms with Crippen molar-refractivity contribution in [2.75, 3.05) is 0 Å². The Hall–Kier alpha value is -0.780. The van der Waals surface area contributed by atoms with Crippen molar-refractivity contribution in [1.29, 1.82) is 0 Å².